The molecular formula is C15H24N2O2. The number of benzene rings is 1. The standard InChI is InChI=1S/C15H24N2O2/c1-2-3-9-14(16)15(19)17(10-11-18)12-13-7-5-4-6-8-13/h4-8,14,18H,2-3,9-12,16H2,1H3/t14-/m0/s1. The van der Waals surface area contributed by atoms with Crippen molar-refractivity contribution in [2.45, 2.75) is 38.8 Å². The zero-order valence-corrected chi connectivity index (χ0v) is 11.6. The average molecular weight is 264 g/mol. The van der Waals surface area contributed by atoms with Gasteiger partial charge in [-0.2, -0.15) is 0 Å². The van der Waals surface area contributed by atoms with Crippen molar-refractivity contribution in [1.82, 2.24) is 4.90 Å². The van der Waals surface area contributed by atoms with Crippen LogP contribution < -0.4 is 5.73 Å². The first-order valence-electron chi connectivity index (χ1n) is 6.88. The van der Waals surface area contributed by atoms with Crippen LogP contribution in [0.1, 0.15) is 31.7 Å². The van der Waals surface area contributed by atoms with E-state index in [0.29, 0.717) is 19.5 Å². The highest BCUT2D eigenvalue weighted by molar-refractivity contribution is 5.81. The van der Waals surface area contributed by atoms with Crippen molar-refractivity contribution in [2.24, 2.45) is 5.73 Å². The average Bonchev–Trinajstić information content (AvgIpc) is 2.44. The fourth-order valence-electron chi connectivity index (χ4n) is 1.97. The molecule has 1 rings (SSSR count). The van der Waals surface area contributed by atoms with E-state index in [9.17, 15) is 4.79 Å². The Hall–Kier alpha value is -1.39. The van der Waals surface area contributed by atoms with E-state index < -0.39 is 6.04 Å². The molecule has 3 N–H and O–H groups in total. The SMILES string of the molecule is CCCC[C@H](N)C(=O)N(CCO)Cc1ccccc1. The van der Waals surface area contributed by atoms with Gasteiger partial charge in [-0.3, -0.25) is 4.79 Å². The number of unbranched alkanes of at least 4 members (excludes halogenated alkanes) is 1. The second-order valence-corrected chi connectivity index (χ2v) is 4.72. The van der Waals surface area contributed by atoms with Crippen LogP contribution in [0.2, 0.25) is 0 Å². The van der Waals surface area contributed by atoms with Gasteiger partial charge in [0, 0.05) is 13.1 Å². The molecule has 106 valence electrons. The molecule has 1 aromatic rings. The maximum absolute atomic E-state index is 12.2. The van der Waals surface area contributed by atoms with Gasteiger partial charge in [0.2, 0.25) is 5.91 Å². The third-order valence-electron chi connectivity index (χ3n) is 3.08. The molecule has 0 aromatic heterocycles. The molecule has 0 aliphatic heterocycles. The van der Waals surface area contributed by atoms with Crippen LogP contribution in [0.4, 0.5) is 0 Å². The molecule has 0 bridgehead atoms. The summed E-state index contributed by atoms with van der Waals surface area (Å²) in [6.07, 6.45) is 2.68. The fraction of sp³-hybridized carbons (Fsp3) is 0.533. The molecule has 4 nitrogen and oxygen atoms in total. The largest absolute Gasteiger partial charge is 0.395 e. The lowest BCUT2D eigenvalue weighted by Crippen LogP contribution is -2.44. The number of rotatable bonds is 8. The Balaban J connectivity index is 2.63. The summed E-state index contributed by atoms with van der Waals surface area (Å²) in [6, 6.07) is 9.29. The summed E-state index contributed by atoms with van der Waals surface area (Å²) in [5.74, 6) is -0.0775. The van der Waals surface area contributed by atoms with Crippen LogP contribution in [-0.4, -0.2) is 35.1 Å². The van der Waals surface area contributed by atoms with Gasteiger partial charge in [0.05, 0.1) is 12.6 Å². The number of nitrogens with two attached hydrogens (primary N) is 1. The normalized spacial score (nSPS) is 12.2. The third-order valence-corrected chi connectivity index (χ3v) is 3.08. The predicted octanol–water partition coefficient (Wildman–Crippen LogP) is 1.52. The van der Waals surface area contributed by atoms with Crippen LogP contribution in [0.25, 0.3) is 0 Å². The maximum Gasteiger partial charge on any atom is 0.239 e. The molecule has 19 heavy (non-hydrogen) atoms. The van der Waals surface area contributed by atoms with Crippen molar-refractivity contribution in [1.29, 1.82) is 0 Å². The van der Waals surface area contributed by atoms with E-state index >= 15 is 0 Å². The molecule has 0 fully saturated rings. The van der Waals surface area contributed by atoms with Crippen molar-refractivity contribution in [2.75, 3.05) is 13.2 Å². The molecule has 0 saturated heterocycles. The van der Waals surface area contributed by atoms with Gasteiger partial charge in [-0.15, -0.1) is 0 Å². The maximum atomic E-state index is 12.2. The van der Waals surface area contributed by atoms with Crippen molar-refractivity contribution in [3.8, 4) is 0 Å². The topological polar surface area (TPSA) is 66.6 Å². The van der Waals surface area contributed by atoms with Crippen LogP contribution in [0, 0.1) is 0 Å². The fourth-order valence-corrected chi connectivity index (χ4v) is 1.97. The first-order chi connectivity index (χ1) is 9.19. The number of aliphatic hydroxyl groups excluding tert-OH is 1. The lowest BCUT2D eigenvalue weighted by Gasteiger charge is -2.25. The highest BCUT2D eigenvalue weighted by Gasteiger charge is 2.20. The Labute approximate surface area is 115 Å². The summed E-state index contributed by atoms with van der Waals surface area (Å²) in [6.45, 7) is 2.86. The number of hydrogen-bond acceptors (Lipinski definition) is 3. The molecule has 1 aromatic carbocycles. The first kappa shape index (κ1) is 15.7. The highest BCUT2D eigenvalue weighted by Crippen LogP contribution is 2.08. The van der Waals surface area contributed by atoms with Crippen LogP contribution in [0.15, 0.2) is 30.3 Å². The number of carbonyl (C=O) groups is 1. The van der Waals surface area contributed by atoms with Crippen LogP contribution in [0.3, 0.4) is 0 Å². The van der Waals surface area contributed by atoms with Crippen LogP contribution in [0.5, 0.6) is 0 Å². The van der Waals surface area contributed by atoms with Gasteiger partial charge in [-0.1, -0.05) is 50.1 Å². The van der Waals surface area contributed by atoms with Crippen molar-refractivity contribution < 1.29 is 9.90 Å². The molecule has 0 spiro atoms. The summed E-state index contributed by atoms with van der Waals surface area (Å²) in [4.78, 5) is 13.9. The molecule has 4 heteroatoms. The van der Waals surface area contributed by atoms with E-state index in [1.54, 1.807) is 4.90 Å². The van der Waals surface area contributed by atoms with Crippen LogP contribution >= 0.6 is 0 Å². The molecule has 1 atom stereocenters. The van der Waals surface area contributed by atoms with E-state index in [1.807, 2.05) is 30.3 Å². The predicted molar refractivity (Wildman–Crippen MR) is 76.4 cm³/mol. The Kier molecular flexibility index (Phi) is 7.15. The molecule has 0 heterocycles. The first-order valence-corrected chi connectivity index (χ1v) is 6.88. The number of aliphatic hydroxyl groups is 1. The second-order valence-electron chi connectivity index (χ2n) is 4.72. The van der Waals surface area contributed by atoms with E-state index in [-0.39, 0.29) is 12.5 Å². The minimum absolute atomic E-state index is 0.0426. The van der Waals surface area contributed by atoms with E-state index in [2.05, 4.69) is 6.92 Å². The highest BCUT2D eigenvalue weighted by atomic mass is 16.3. The molecular weight excluding hydrogens is 240 g/mol. The minimum Gasteiger partial charge on any atom is -0.395 e. The van der Waals surface area contributed by atoms with Crippen molar-refractivity contribution in [3.63, 3.8) is 0 Å². The van der Waals surface area contributed by atoms with Gasteiger partial charge in [-0.25, -0.2) is 0 Å². The number of amides is 1. The Bertz CT molecular complexity index is 368. The van der Waals surface area contributed by atoms with Gasteiger partial charge in [0.15, 0.2) is 0 Å². The van der Waals surface area contributed by atoms with Gasteiger partial charge in [0.1, 0.15) is 0 Å². The summed E-state index contributed by atoms with van der Waals surface area (Å²) in [7, 11) is 0. The second kappa shape index (κ2) is 8.67. The van der Waals surface area contributed by atoms with Crippen LogP contribution in [-0.2, 0) is 11.3 Å². The van der Waals surface area contributed by atoms with Gasteiger partial charge < -0.3 is 15.7 Å². The van der Waals surface area contributed by atoms with Gasteiger partial charge in [-0.05, 0) is 12.0 Å². The third kappa shape index (κ3) is 5.41. The Morgan fingerprint density at radius 3 is 2.63 bits per heavy atom. The molecule has 0 aliphatic carbocycles. The zero-order valence-electron chi connectivity index (χ0n) is 11.6. The molecule has 0 unspecified atom stereocenters. The monoisotopic (exact) mass is 264 g/mol. The van der Waals surface area contributed by atoms with Gasteiger partial charge in [0.25, 0.3) is 0 Å². The quantitative estimate of drug-likeness (QED) is 0.748. The number of nitrogens with zero attached hydrogens (tertiary/aromatic N) is 1. The van der Waals surface area contributed by atoms with E-state index in [1.165, 1.54) is 0 Å². The molecule has 1 amide bonds. The molecule has 0 radical (unpaired) electrons. The smallest absolute Gasteiger partial charge is 0.239 e. The minimum atomic E-state index is -0.463. The van der Waals surface area contributed by atoms with Crippen molar-refractivity contribution in [3.05, 3.63) is 35.9 Å². The van der Waals surface area contributed by atoms with E-state index in [4.69, 9.17) is 10.8 Å². The molecule has 0 saturated carbocycles. The Morgan fingerprint density at radius 2 is 2.05 bits per heavy atom. The lowest BCUT2D eigenvalue weighted by molar-refractivity contribution is -0.133. The van der Waals surface area contributed by atoms with Gasteiger partial charge >= 0.3 is 0 Å². The lowest BCUT2D eigenvalue weighted by atomic mass is 10.1. The van der Waals surface area contributed by atoms with Crippen molar-refractivity contribution >= 4 is 5.91 Å². The van der Waals surface area contributed by atoms with E-state index in [0.717, 1.165) is 18.4 Å². The summed E-state index contributed by atoms with van der Waals surface area (Å²) < 4.78 is 0. The number of hydrogen-bond donors (Lipinski definition) is 2. The Morgan fingerprint density at radius 1 is 1.37 bits per heavy atom. The summed E-state index contributed by atoms with van der Waals surface area (Å²) in [5.41, 5.74) is 6.96. The summed E-state index contributed by atoms with van der Waals surface area (Å²) >= 11 is 0. The number of carbonyl (C=O) groups excluding carboxylic acids is 1. The zero-order chi connectivity index (χ0) is 14.1. The summed E-state index contributed by atoms with van der Waals surface area (Å²) in [5, 5.41) is 9.09. The molecule has 0 aliphatic rings.